The summed E-state index contributed by atoms with van der Waals surface area (Å²) in [4.78, 5) is 21.2. The minimum atomic E-state index is -0.636. The molecule has 0 fully saturated rings. The maximum atomic E-state index is 12.4. The van der Waals surface area contributed by atoms with Crippen molar-refractivity contribution in [3.05, 3.63) is 65.9 Å². The average Bonchev–Trinajstić information content (AvgIpc) is 2.83. The molecule has 2 aromatic carbocycles. The number of nitrogens with zero attached hydrogens (tertiary/aromatic N) is 2. The van der Waals surface area contributed by atoms with E-state index in [1.54, 1.807) is 0 Å². The fourth-order valence-corrected chi connectivity index (χ4v) is 2.36. The maximum absolute atomic E-state index is 12.4. The Labute approximate surface area is 115 Å². The Hall–Kier alpha value is -2.75. The molecule has 0 radical (unpaired) electrons. The molecule has 1 aromatic heterocycles. The number of carbonyl (C=O) groups excluding carboxylic acids is 1. The molecule has 1 unspecified atom stereocenters. The molecule has 1 aliphatic heterocycles. The maximum Gasteiger partial charge on any atom is 0.245 e. The topological polar surface area (TPSA) is 52.1 Å². The molecule has 0 spiro atoms. The molecule has 0 saturated heterocycles. The van der Waals surface area contributed by atoms with E-state index in [2.05, 4.69) is 9.97 Å². The predicted molar refractivity (Wildman–Crippen MR) is 73.7 cm³/mol. The van der Waals surface area contributed by atoms with Gasteiger partial charge in [-0.15, -0.1) is 0 Å². The summed E-state index contributed by atoms with van der Waals surface area (Å²) in [5.74, 6) is 0.187. The second-order valence-corrected chi connectivity index (χ2v) is 4.64. The van der Waals surface area contributed by atoms with Crippen molar-refractivity contribution < 1.29 is 9.53 Å². The summed E-state index contributed by atoms with van der Waals surface area (Å²) in [6, 6.07) is 16.9. The second-order valence-electron chi connectivity index (χ2n) is 4.64. The van der Waals surface area contributed by atoms with Gasteiger partial charge in [0, 0.05) is 5.56 Å². The highest BCUT2D eigenvalue weighted by atomic mass is 16.5. The summed E-state index contributed by atoms with van der Waals surface area (Å²) >= 11 is 0. The van der Waals surface area contributed by atoms with Crippen molar-refractivity contribution in [1.82, 2.24) is 9.97 Å². The van der Waals surface area contributed by atoms with Gasteiger partial charge in [0.1, 0.15) is 0 Å². The molecule has 0 aliphatic carbocycles. The molecule has 4 rings (SSSR count). The van der Waals surface area contributed by atoms with Gasteiger partial charge in [0.25, 0.3) is 0 Å². The first-order valence-corrected chi connectivity index (χ1v) is 6.35. The van der Waals surface area contributed by atoms with Crippen LogP contribution in [-0.4, -0.2) is 15.8 Å². The van der Waals surface area contributed by atoms with Crippen molar-refractivity contribution >= 4 is 16.8 Å². The first kappa shape index (κ1) is 11.1. The standard InChI is InChI=1S/C16H10N2O2/c19-14-13-16(18-12-9-5-4-8-11(12)17-13)20-15(14)10-6-2-1-3-7-10/h1-9,15H. The number of benzene rings is 2. The minimum absolute atomic E-state index is 0.135. The van der Waals surface area contributed by atoms with Crippen molar-refractivity contribution in [2.75, 3.05) is 0 Å². The third-order valence-electron chi connectivity index (χ3n) is 3.34. The first-order chi connectivity index (χ1) is 9.83. The molecule has 0 amide bonds. The Balaban J connectivity index is 1.84. The number of fused-ring (bicyclic) bond motifs is 2. The number of para-hydroxylation sites is 2. The summed E-state index contributed by atoms with van der Waals surface area (Å²) in [5, 5.41) is 0. The highest BCUT2D eigenvalue weighted by molar-refractivity contribution is 6.04. The predicted octanol–water partition coefficient (Wildman–Crippen LogP) is 2.95. The number of ether oxygens (including phenoxy) is 1. The van der Waals surface area contributed by atoms with E-state index in [1.165, 1.54) is 0 Å². The van der Waals surface area contributed by atoms with Crippen LogP contribution in [0.3, 0.4) is 0 Å². The van der Waals surface area contributed by atoms with E-state index in [1.807, 2.05) is 54.6 Å². The van der Waals surface area contributed by atoms with Gasteiger partial charge in [-0.05, 0) is 12.1 Å². The van der Waals surface area contributed by atoms with Gasteiger partial charge >= 0.3 is 0 Å². The Morgan fingerprint density at radius 3 is 2.25 bits per heavy atom. The van der Waals surface area contributed by atoms with Crippen molar-refractivity contribution in [2.45, 2.75) is 6.10 Å². The van der Waals surface area contributed by atoms with E-state index in [0.717, 1.165) is 11.1 Å². The van der Waals surface area contributed by atoms with Gasteiger partial charge in [-0.2, -0.15) is 0 Å². The van der Waals surface area contributed by atoms with Crippen molar-refractivity contribution in [2.24, 2.45) is 0 Å². The minimum Gasteiger partial charge on any atom is -0.459 e. The van der Waals surface area contributed by atoms with E-state index >= 15 is 0 Å². The van der Waals surface area contributed by atoms with Crippen LogP contribution >= 0.6 is 0 Å². The van der Waals surface area contributed by atoms with Crippen LogP contribution in [0.15, 0.2) is 54.6 Å². The molecule has 0 saturated carbocycles. The van der Waals surface area contributed by atoms with Gasteiger partial charge in [0.15, 0.2) is 11.8 Å². The summed E-state index contributed by atoms with van der Waals surface area (Å²) in [7, 11) is 0. The largest absolute Gasteiger partial charge is 0.459 e. The number of rotatable bonds is 1. The third-order valence-corrected chi connectivity index (χ3v) is 3.34. The zero-order chi connectivity index (χ0) is 13.5. The molecular formula is C16H10N2O2. The van der Waals surface area contributed by atoms with Gasteiger partial charge < -0.3 is 4.74 Å². The van der Waals surface area contributed by atoms with E-state index in [4.69, 9.17) is 4.74 Å². The monoisotopic (exact) mass is 262 g/mol. The summed E-state index contributed by atoms with van der Waals surface area (Å²) in [6.07, 6.45) is -0.636. The first-order valence-electron chi connectivity index (χ1n) is 6.35. The summed E-state index contributed by atoms with van der Waals surface area (Å²) < 4.78 is 5.69. The molecular weight excluding hydrogens is 252 g/mol. The van der Waals surface area contributed by atoms with Gasteiger partial charge in [-0.3, -0.25) is 4.79 Å². The van der Waals surface area contributed by atoms with E-state index < -0.39 is 6.10 Å². The molecule has 0 N–H and O–H groups in total. The van der Waals surface area contributed by atoms with Gasteiger partial charge in [-0.25, -0.2) is 9.97 Å². The molecule has 96 valence electrons. The Bertz CT molecular complexity index is 815. The van der Waals surface area contributed by atoms with Crippen LogP contribution in [0, 0.1) is 0 Å². The van der Waals surface area contributed by atoms with Crippen LogP contribution in [0.2, 0.25) is 0 Å². The Kier molecular flexibility index (Phi) is 2.29. The lowest BCUT2D eigenvalue weighted by Gasteiger charge is -2.07. The number of ketones is 1. The lowest BCUT2D eigenvalue weighted by Crippen LogP contribution is -2.11. The lowest BCUT2D eigenvalue weighted by atomic mass is 10.1. The van der Waals surface area contributed by atoms with Crippen LogP contribution in [0.25, 0.3) is 11.0 Å². The zero-order valence-electron chi connectivity index (χ0n) is 10.5. The Morgan fingerprint density at radius 1 is 0.850 bits per heavy atom. The summed E-state index contributed by atoms with van der Waals surface area (Å²) in [6.45, 7) is 0. The molecule has 20 heavy (non-hydrogen) atoms. The number of Topliss-reactive ketones (excluding diaryl/α,β-unsaturated/α-hetero) is 1. The molecule has 4 nitrogen and oxygen atoms in total. The van der Waals surface area contributed by atoms with Crippen LogP contribution in [0.4, 0.5) is 0 Å². The van der Waals surface area contributed by atoms with Crippen molar-refractivity contribution in [3.8, 4) is 5.88 Å². The quantitative estimate of drug-likeness (QED) is 0.676. The molecule has 1 aliphatic rings. The lowest BCUT2D eigenvalue weighted by molar-refractivity contribution is 0.0852. The second kappa shape index (κ2) is 4.13. The highest BCUT2D eigenvalue weighted by Crippen LogP contribution is 2.34. The number of hydrogen-bond acceptors (Lipinski definition) is 4. The molecule has 2 heterocycles. The third kappa shape index (κ3) is 1.58. The SMILES string of the molecule is O=C1c2nc3ccccc3nc2OC1c1ccccc1. The zero-order valence-corrected chi connectivity index (χ0v) is 10.5. The van der Waals surface area contributed by atoms with Crippen LogP contribution < -0.4 is 4.74 Å². The highest BCUT2D eigenvalue weighted by Gasteiger charge is 2.36. The fraction of sp³-hybridized carbons (Fsp3) is 0.0625. The van der Waals surface area contributed by atoms with E-state index in [9.17, 15) is 4.79 Å². The molecule has 4 heteroatoms. The smallest absolute Gasteiger partial charge is 0.245 e. The normalized spacial score (nSPS) is 17.0. The van der Waals surface area contributed by atoms with E-state index in [-0.39, 0.29) is 5.78 Å². The van der Waals surface area contributed by atoms with Crippen LogP contribution in [0.5, 0.6) is 5.88 Å². The number of carbonyl (C=O) groups is 1. The van der Waals surface area contributed by atoms with E-state index in [0.29, 0.717) is 17.1 Å². The van der Waals surface area contributed by atoms with Gasteiger partial charge in [0.05, 0.1) is 11.0 Å². The van der Waals surface area contributed by atoms with Gasteiger partial charge in [-0.1, -0.05) is 42.5 Å². The number of aromatic nitrogens is 2. The van der Waals surface area contributed by atoms with Crippen LogP contribution in [-0.2, 0) is 0 Å². The molecule has 0 bridgehead atoms. The molecule has 1 atom stereocenters. The van der Waals surface area contributed by atoms with Gasteiger partial charge in [0.2, 0.25) is 11.7 Å². The van der Waals surface area contributed by atoms with Crippen molar-refractivity contribution in [1.29, 1.82) is 0 Å². The molecule has 3 aromatic rings. The average molecular weight is 262 g/mol. The van der Waals surface area contributed by atoms with Crippen molar-refractivity contribution in [3.63, 3.8) is 0 Å². The summed E-state index contributed by atoms with van der Waals surface area (Å²) in [5.41, 5.74) is 2.57. The Morgan fingerprint density at radius 2 is 1.50 bits per heavy atom. The van der Waals surface area contributed by atoms with Crippen LogP contribution in [0.1, 0.15) is 22.2 Å². The fourth-order valence-electron chi connectivity index (χ4n) is 2.36. The number of hydrogen-bond donors (Lipinski definition) is 0.